The molecule has 1 aliphatic carbocycles. The van der Waals surface area contributed by atoms with Gasteiger partial charge in [-0.15, -0.1) is 0 Å². The summed E-state index contributed by atoms with van der Waals surface area (Å²) in [4.78, 5) is 26.4. The third-order valence-electron chi connectivity index (χ3n) is 3.60. The van der Waals surface area contributed by atoms with Gasteiger partial charge < -0.3 is 10.4 Å². The average Bonchev–Trinajstić information content (AvgIpc) is 2.82. The summed E-state index contributed by atoms with van der Waals surface area (Å²) >= 11 is 0. The van der Waals surface area contributed by atoms with E-state index >= 15 is 0 Å². The number of carbonyl (C=O) groups excluding carboxylic acids is 1. The van der Waals surface area contributed by atoms with Crippen molar-refractivity contribution in [2.45, 2.75) is 26.2 Å². The number of aromatic carboxylic acids is 1. The topological polar surface area (TPSA) is 79.3 Å². The van der Waals surface area contributed by atoms with Crippen molar-refractivity contribution in [3.05, 3.63) is 29.6 Å². The first kappa shape index (κ1) is 13.5. The van der Waals surface area contributed by atoms with Crippen LogP contribution in [0.2, 0.25) is 0 Å². The zero-order chi connectivity index (χ0) is 13.8. The minimum atomic E-state index is -1.04. The van der Waals surface area contributed by atoms with Crippen molar-refractivity contribution >= 4 is 11.9 Å². The highest BCUT2D eigenvalue weighted by Crippen LogP contribution is 2.29. The van der Waals surface area contributed by atoms with Gasteiger partial charge in [-0.2, -0.15) is 0 Å². The summed E-state index contributed by atoms with van der Waals surface area (Å²) in [7, 11) is 0. The standard InChI is InChI=1S/C14H18N2O3/c1-9-2-3-10(6-9)7-16-13(17)12-5-4-11(8-15-12)14(18)19/h4-5,8-10H,2-3,6-7H2,1H3,(H,16,17)(H,18,19). The number of nitrogens with zero attached hydrogens (tertiary/aromatic N) is 1. The minimum absolute atomic E-state index is 0.0844. The lowest BCUT2D eigenvalue weighted by Gasteiger charge is -2.10. The van der Waals surface area contributed by atoms with Crippen LogP contribution in [0.4, 0.5) is 0 Å². The number of aromatic nitrogens is 1. The van der Waals surface area contributed by atoms with Gasteiger partial charge in [-0.1, -0.05) is 13.3 Å². The van der Waals surface area contributed by atoms with Gasteiger partial charge in [-0.05, 0) is 36.8 Å². The molecule has 1 aromatic rings. The zero-order valence-corrected chi connectivity index (χ0v) is 10.9. The first-order chi connectivity index (χ1) is 9.06. The van der Waals surface area contributed by atoms with Crippen LogP contribution < -0.4 is 5.32 Å². The summed E-state index contributed by atoms with van der Waals surface area (Å²) in [6.07, 6.45) is 4.75. The van der Waals surface area contributed by atoms with E-state index in [9.17, 15) is 9.59 Å². The van der Waals surface area contributed by atoms with Crippen LogP contribution in [0.3, 0.4) is 0 Å². The molecule has 0 aliphatic heterocycles. The van der Waals surface area contributed by atoms with E-state index in [1.54, 1.807) is 0 Å². The highest BCUT2D eigenvalue weighted by atomic mass is 16.4. The van der Waals surface area contributed by atoms with Crippen molar-refractivity contribution in [1.82, 2.24) is 10.3 Å². The molecule has 2 N–H and O–H groups in total. The van der Waals surface area contributed by atoms with Crippen molar-refractivity contribution < 1.29 is 14.7 Å². The maximum absolute atomic E-state index is 11.8. The van der Waals surface area contributed by atoms with Crippen molar-refractivity contribution in [2.75, 3.05) is 6.54 Å². The van der Waals surface area contributed by atoms with Crippen LogP contribution in [0.25, 0.3) is 0 Å². The molecule has 1 saturated carbocycles. The molecular weight excluding hydrogens is 244 g/mol. The Hall–Kier alpha value is -1.91. The summed E-state index contributed by atoms with van der Waals surface area (Å²) < 4.78 is 0. The Labute approximate surface area is 112 Å². The number of hydrogen-bond acceptors (Lipinski definition) is 3. The Morgan fingerprint density at radius 3 is 2.74 bits per heavy atom. The van der Waals surface area contributed by atoms with Gasteiger partial charge in [-0.25, -0.2) is 4.79 Å². The van der Waals surface area contributed by atoms with E-state index < -0.39 is 5.97 Å². The lowest BCUT2D eigenvalue weighted by Crippen LogP contribution is -2.29. The molecule has 5 nitrogen and oxygen atoms in total. The normalized spacial score (nSPS) is 22.2. The third kappa shape index (κ3) is 3.53. The first-order valence-electron chi connectivity index (χ1n) is 6.54. The molecule has 0 aromatic carbocycles. The zero-order valence-electron chi connectivity index (χ0n) is 10.9. The van der Waals surface area contributed by atoms with Gasteiger partial charge in [0, 0.05) is 12.7 Å². The lowest BCUT2D eigenvalue weighted by molar-refractivity contribution is 0.0695. The van der Waals surface area contributed by atoms with E-state index in [4.69, 9.17) is 5.11 Å². The minimum Gasteiger partial charge on any atom is -0.478 e. The predicted molar refractivity (Wildman–Crippen MR) is 70.0 cm³/mol. The first-order valence-corrected chi connectivity index (χ1v) is 6.54. The molecular formula is C14H18N2O3. The molecule has 1 aromatic heterocycles. The van der Waals surface area contributed by atoms with Crippen LogP contribution in [0.15, 0.2) is 18.3 Å². The van der Waals surface area contributed by atoms with Crippen molar-refractivity contribution in [3.63, 3.8) is 0 Å². The van der Waals surface area contributed by atoms with Crippen molar-refractivity contribution in [3.8, 4) is 0 Å². The van der Waals surface area contributed by atoms with Crippen LogP contribution in [0.1, 0.15) is 47.0 Å². The van der Waals surface area contributed by atoms with Gasteiger partial charge in [0.2, 0.25) is 0 Å². The Morgan fingerprint density at radius 1 is 1.42 bits per heavy atom. The maximum atomic E-state index is 11.8. The maximum Gasteiger partial charge on any atom is 0.337 e. The Kier molecular flexibility index (Phi) is 4.14. The second-order valence-corrected chi connectivity index (χ2v) is 5.23. The second kappa shape index (κ2) is 5.82. The highest BCUT2D eigenvalue weighted by molar-refractivity contribution is 5.93. The van der Waals surface area contributed by atoms with E-state index in [0.29, 0.717) is 12.5 Å². The second-order valence-electron chi connectivity index (χ2n) is 5.23. The molecule has 2 rings (SSSR count). The molecule has 1 amide bonds. The van der Waals surface area contributed by atoms with Crippen LogP contribution >= 0.6 is 0 Å². The number of nitrogens with one attached hydrogen (secondary N) is 1. The number of pyridine rings is 1. The van der Waals surface area contributed by atoms with Gasteiger partial charge in [0.1, 0.15) is 5.69 Å². The smallest absolute Gasteiger partial charge is 0.337 e. The molecule has 0 spiro atoms. The molecule has 1 heterocycles. The fraction of sp³-hybridized carbons (Fsp3) is 0.500. The Morgan fingerprint density at radius 2 is 2.21 bits per heavy atom. The third-order valence-corrected chi connectivity index (χ3v) is 3.60. The van der Waals surface area contributed by atoms with Gasteiger partial charge in [-0.3, -0.25) is 9.78 Å². The van der Waals surface area contributed by atoms with Crippen LogP contribution in [-0.2, 0) is 0 Å². The van der Waals surface area contributed by atoms with E-state index in [0.717, 1.165) is 18.8 Å². The quantitative estimate of drug-likeness (QED) is 0.869. The van der Waals surface area contributed by atoms with Crippen molar-refractivity contribution in [1.29, 1.82) is 0 Å². The number of carboxylic acid groups (broad SMARTS) is 1. The van der Waals surface area contributed by atoms with Crippen LogP contribution in [0.5, 0.6) is 0 Å². The Balaban J connectivity index is 1.87. The van der Waals surface area contributed by atoms with Gasteiger partial charge in [0.05, 0.1) is 5.56 Å². The van der Waals surface area contributed by atoms with Crippen molar-refractivity contribution in [2.24, 2.45) is 11.8 Å². The molecule has 2 unspecified atom stereocenters. The summed E-state index contributed by atoms with van der Waals surface area (Å²) in [5, 5.41) is 11.6. The molecule has 0 saturated heterocycles. The monoisotopic (exact) mass is 262 g/mol. The van der Waals surface area contributed by atoms with E-state index in [2.05, 4.69) is 17.2 Å². The number of carbonyl (C=O) groups is 2. The number of hydrogen-bond donors (Lipinski definition) is 2. The molecule has 19 heavy (non-hydrogen) atoms. The summed E-state index contributed by atoms with van der Waals surface area (Å²) in [5.41, 5.74) is 0.345. The molecule has 1 aliphatic rings. The average molecular weight is 262 g/mol. The molecule has 102 valence electrons. The number of rotatable bonds is 4. The molecule has 0 radical (unpaired) electrons. The summed E-state index contributed by atoms with van der Waals surface area (Å²) in [5.74, 6) is 0.0167. The van der Waals surface area contributed by atoms with Crippen LogP contribution in [0, 0.1) is 11.8 Å². The fourth-order valence-electron chi connectivity index (χ4n) is 2.49. The molecule has 2 atom stereocenters. The summed E-state index contributed by atoms with van der Waals surface area (Å²) in [6, 6.07) is 2.83. The van der Waals surface area contributed by atoms with E-state index in [-0.39, 0.29) is 17.2 Å². The number of carboxylic acids is 1. The highest BCUT2D eigenvalue weighted by Gasteiger charge is 2.21. The summed E-state index contributed by atoms with van der Waals surface area (Å²) in [6.45, 7) is 2.90. The number of amides is 1. The Bertz CT molecular complexity index is 470. The van der Waals surface area contributed by atoms with Crippen LogP contribution in [-0.4, -0.2) is 28.5 Å². The van der Waals surface area contributed by atoms with E-state index in [1.165, 1.54) is 24.8 Å². The lowest BCUT2D eigenvalue weighted by atomic mass is 10.1. The molecule has 1 fully saturated rings. The predicted octanol–water partition coefficient (Wildman–Crippen LogP) is 1.95. The van der Waals surface area contributed by atoms with Gasteiger partial charge in [0.25, 0.3) is 5.91 Å². The largest absolute Gasteiger partial charge is 0.478 e. The van der Waals surface area contributed by atoms with Gasteiger partial charge >= 0.3 is 5.97 Å². The van der Waals surface area contributed by atoms with Gasteiger partial charge in [0.15, 0.2) is 0 Å². The molecule has 5 heteroatoms. The SMILES string of the molecule is CC1CCC(CNC(=O)c2ccc(C(=O)O)cn2)C1. The van der Waals surface area contributed by atoms with E-state index in [1.807, 2.05) is 0 Å². The molecule has 0 bridgehead atoms. The fourth-order valence-corrected chi connectivity index (χ4v) is 2.49.